The Kier molecular flexibility index (Phi) is 9.07. The number of benzene rings is 2. The zero-order chi connectivity index (χ0) is 22.1. The number of para-hydroxylation sites is 1. The van der Waals surface area contributed by atoms with Crippen LogP contribution in [0.15, 0.2) is 63.1 Å². The molecule has 1 unspecified atom stereocenters. The van der Waals surface area contributed by atoms with Gasteiger partial charge >= 0.3 is 0 Å². The molecule has 0 aliphatic heterocycles. The first-order valence-corrected chi connectivity index (χ1v) is 10.5. The van der Waals surface area contributed by atoms with E-state index < -0.39 is 17.7 Å². The molecule has 0 heterocycles. The SMILES string of the molecule is C=CCOc1c(Br)cc(C=NNC(=O)C(C)C(=O)Nc2ccccc2Br)cc1OC. The third-order valence-corrected chi connectivity index (χ3v) is 5.18. The van der Waals surface area contributed by atoms with Crippen molar-refractivity contribution in [2.45, 2.75) is 6.92 Å². The van der Waals surface area contributed by atoms with Gasteiger partial charge in [0.2, 0.25) is 5.91 Å². The van der Waals surface area contributed by atoms with Crippen LogP contribution in [0.25, 0.3) is 0 Å². The molecule has 2 N–H and O–H groups in total. The van der Waals surface area contributed by atoms with E-state index in [1.54, 1.807) is 36.4 Å². The molecule has 2 amide bonds. The van der Waals surface area contributed by atoms with Crippen LogP contribution in [0.2, 0.25) is 0 Å². The maximum absolute atomic E-state index is 12.3. The van der Waals surface area contributed by atoms with Gasteiger partial charge in [-0.3, -0.25) is 9.59 Å². The van der Waals surface area contributed by atoms with E-state index in [4.69, 9.17) is 9.47 Å². The minimum absolute atomic E-state index is 0.331. The first-order valence-electron chi connectivity index (χ1n) is 8.87. The van der Waals surface area contributed by atoms with Crippen molar-refractivity contribution in [2.75, 3.05) is 19.0 Å². The largest absolute Gasteiger partial charge is 0.493 e. The Balaban J connectivity index is 2.01. The lowest BCUT2D eigenvalue weighted by Crippen LogP contribution is -2.34. The number of halogens is 2. The summed E-state index contributed by atoms with van der Waals surface area (Å²) in [5.41, 5.74) is 3.62. The summed E-state index contributed by atoms with van der Waals surface area (Å²) in [7, 11) is 1.52. The molecule has 7 nitrogen and oxygen atoms in total. The molecule has 0 aromatic heterocycles. The van der Waals surface area contributed by atoms with Crippen LogP contribution in [0.3, 0.4) is 0 Å². The monoisotopic (exact) mass is 537 g/mol. The number of amides is 2. The average molecular weight is 539 g/mol. The second kappa shape index (κ2) is 11.5. The summed E-state index contributed by atoms with van der Waals surface area (Å²) in [6, 6.07) is 10.6. The van der Waals surface area contributed by atoms with Crippen molar-refractivity contribution in [3.8, 4) is 11.5 Å². The van der Waals surface area contributed by atoms with Crippen LogP contribution in [0, 0.1) is 5.92 Å². The molecule has 2 aromatic rings. The van der Waals surface area contributed by atoms with Crippen molar-refractivity contribution >= 4 is 55.6 Å². The minimum Gasteiger partial charge on any atom is -0.493 e. The number of hydrogen-bond acceptors (Lipinski definition) is 5. The van der Waals surface area contributed by atoms with Gasteiger partial charge in [0.25, 0.3) is 5.91 Å². The van der Waals surface area contributed by atoms with Gasteiger partial charge in [-0.1, -0.05) is 24.8 Å². The molecule has 0 bridgehead atoms. The Hall–Kier alpha value is -2.65. The number of nitrogens with zero attached hydrogens (tertiary/aromatic N) is 1. The Morgan fingerprint density at radius 3 is 2.60 bits per heavy atom. The lowest BCUT2D eigenvalue weighted by molar-refractivity contribution is -0.131. The summed E-state index contributed by atoms with van der Waals surface area (Å²) in [5, 5.41) is 6.63. The number of rotatable bonds is 9. The second-order valence-electron chi connectivity index (χ2n) is 6.06. The van der Waals surface area contributed by atoms with Gasteiger partial charge in [0, 0.05) is 4.47 Å². The molecule has 0 aliphatic rings. The van der Waals surface area contributed by atoms with Gasteiger partial charge < -0.3 is 14.8 Å². The molecular weight excluding hydrogens is 518 g/mol. The van der Waals surface area contributed by atoms with E-state index in [1.165, 1.54) is 20.2 Å². The van der Waals surface area contributed by atoms with E-state index in [0.29, 0.717) is 33.8 Å². The highest BCUT2D eigenvalue weighted by molar-refractivity contribution is 9.11. The summed E-state index contributed by atoms with van der Waals surface area (Å²) in [5.74, 6) is -0.878. The maximum atomic E-state index is 12.3. The van der Waals surface area contributed by atoms with E-state index in [0.717, 1.165) is 4.47 Å². The Bertz CT molecular complexity index is 963. The van der Waals surface area contributed by atoms with Gasteiger partial charge in [-0.25, -0.2) is 5.43 Å². The number of hydrazone groups is 1. The lowest BCUT2D eigenvalue weighted by atomic mass is 10.1. The standard InChI is InChI=1S/C21H21Br2N3O4/c1-4-9-30-19-16(23)10-14(11-18(19)29-3)12-24-26-21(28)13(2)20(27)25-17-8-6-5-7-15(17)22/h4-8,10-13H,1,9H2,2-3H3,(H,25,27)(H,26,28). The van der Waals surface area contributed by atoms with Crippen LogP contribution in [0.1, 0.15) is 12.5 Å². The quantitative estimate of drug-likeness (QED) is 0.213. The van der Waals surface area contributed by atoms with E-state index in [2.05, 4.69) is 54.3 Å². The Morgan fingerprint density at radius 1 is 1.20 bits per heavy atom. The van der Waals surface area contributed by atoms with E-state index in [1.807, 2.05) is 6.07 Å². The molecule has 0 radical (unpaired) electrons. The zero-order valence-corrected chi connectivity index (χ0v) is 19.6. The maximum Gasteiger partial charge on any atom is 0.252 e. The van der Waals surface area contributed by atoms with Gasteiger partial charge in [0.1, 0.15) is 12.5 Å². The number of carbonyl (C=O) groups is 2. The van der Waals surface area contributed by atoms with Crippen molar-refractivity contribution in [3.63, 3.8) is 0 Å². The number of methoxy groups -OCH3 is 1. The van der Waals surface area contributed by atoms with Crippen LogP contribution < -0.4 is 20.2 Å². The van der Waals surface area contributed by atoms with Crippen LogP contribution in [-0.2, 0) is 9.59 Å². The average Bonchev–Trinajstić information content (AvgIpc) is 2.73. The van der Waals surface area contributed by atoms with Crippen molar-refractivity contribution in [3.05, 3.63) is 63.6 Å². The van der Waals surface area contributed by atoms with E-state index in [9.17, 15) is 9.59 Å². The zero-order valence-electron chi connectivity index (χ0n) is 16.4. The van der Waals surface area contributed by atoms with Crippen LogP contribution in [0.5, 0.6) is 11.5 Å². The number of hydrogen-bond donors (Lipinski definition) is 2. The predicted molar refractivity (Wildman–Crippen MR) is 124 cm³/mol. The molecule has 0 saturated heterocycles. The topological polar surface area (TPSA) is 89.0 Å². The molecule has 9 heteroatoms. The molecule has 0 aliphatic carbocycles. The predicted octanol–water partition coefficient (Wildman–Crippen LogP) is 4.51. The smallest absolute Gasteiger partial charge is 0.252 e. The van der Waals surface area contributed by atoms with Gasteiger partial charge in [0.05, 0.1) is 23.5 Å². The number of nitrogens with one attached hydrogen (secondary N) is 2. The van der Waals surface area contributed by atoms with Crippen LogP contribution in [0.4, 0.5) is 5.69 Å². The fourth-order valence-electron chi connectivity index (χ4n) is 2.29. The van der Waals surface area contributed by atoms with Gasteiger partial charge in [0.15, 0.2) is 11.5 Å². The van der Waals surface area contributed by atoms with Crippen molar-refractivity contribution in [1.82, 2.24) is 5.43 Å². The van der Waals surface area contributed by atoms with Gasteiger partial charge in [-0.15, -0.1) is 0 Å². The molecule has 1 atom stereocenters. The normalized spacial score (nSPS) is 11.6. The number of anilines is 1. The highest BCUT2D eigenvalue weighted by Gasteiger charge is 2.21. The first kappa shape index (κ1) is 23.6. The molecule has 30 heavy (non-hydrogen) atoms. The molecule has 0 fully saturated rings. The fraction of sp³-hybridized carbons (Fsp3) is 0.190. The molecule has 0 spiro atoms. The fourth-order valence-corrected chi connectivity index (χ4v) is 3.24. The number of ether oxygens (including phenoxy) is 2. The van der Waals surface area contributed by atoms with Crippen LogP contribution in [-0.4, -0.2) is 31.7 Å². The molecule has 2 aromatic carbocycles. The molecule has 2 rings (SSSR count). The van der Waals surface area contributed by atoms with Crippen molar-refractivity contribution in [2.24, 2.45) is 11.0 Å². The highest BCUT2D eigenvalue weighted by atomic mass is 79.9. The number of carbonyl (C=O) groups excluding carboxylic acids is 2. The molecule has 158 valence electrons. The summed E-state index contributed by atoms with van der Waals surface area (Å²) in [6.45, 7) is 5.45. The molecular formula is C21H21Br2N3O4. The summed E-state index contributed by atoms with van der Waals surface area (Å²) in [6.07, 6.45) is 3.07. The first-order chi connectivity index (χ1) is 14.4. The van der Waals surface area contributed by atoms with E-state index >= 15 is 0 Å². The Morgan fingerprint density at radius 2 is 1.93 bits per heavy atom. The third-order valence-electron chi connectivity index (χ3n) is 3.90. The summed E-state index contributed by atoms with van der Waals surface area (Å²) < 4.78 is 12.3. The summed E-state index contributed by atoms with van der Waals surface area (Å²) in [4.78, 5) is 24.6. The van der Waals surface area contributed by atoms with Crippen molar-refractivity contribution in [1.29, 1.82) is 0 Å². The highest BCUT2D eigenvalue weighted by Crippen LogP contribution is 2.36. The third kappa shape index (κ3) is 6.43. The van der Waals surface area contributed by atoms with Crippen molar-refractivity contribution < 1.29 is 19.1 Å². The van der Waals surface area contributed by atoms with E-state index in [-0.39, 0.29) is 0 Å². The second-order valence-corrected chi connectivity index (χ2v) is 7.77. The van der Waals surface area contributed by atoms with Gasteiger partial charge in [-0.2, -0.15) is 5.10 Å². The summed E-state index contributed by atoms with van der Waals surface area (Å²) >= 11 is 6.77. The van der Waals surface area contributed by atoms with Crippen LogP contribution >= 0.6 is 31.9 Å². The minimum atomic E-state index is -0.940. The van der Waals surface area contributed by atoms with Gasteiger partial charge in [-0.05, 0) is 68.6 Å². The molecule has 0 saturated carbocycles. The lowest BCUT2D eigenvalue weighted by Gasteiger charge is -2.12. The Labute approximate surface area is 191 Å².